The summed E-state index contributed by atoms with van der Waals surface area (Å²) in [6.07, 6.45) is 3.91. The van der Waals surface area contributed by atoms with Gasteiger partial charge in [0.25, 0.3) is 0 Å². The maximum absolute atomic E-state index is 9.42. The van der Waals surface area contributed by atoms with Crippen LogP contribution < -0.4 is 15.5 Å². The zero-order chi connectivity index (χ0) is 21.6. The van der Waals surface area contributed by atoms with Gasteiger partial charge in [-0.3, -0.25) is 0 Å². The average molecular weight is 409 g/mol. The summed E-state index contributed by atoms with van der Waals surface area (Å²) in [4.78, 5) is 11.3. The summed E-state index contributed by atoms with van der Waals surface area (Å²) in [5, 5.41) is 16.3. The molecule has 0 bridgehead atoms. The lowest BCUT2D eigenvalue weighted by atomic mass is 9.94. The molecular weight excluding hydrogens is 376 g/mol. The SMILES string of the molecule is CCNC(=NCc1ncc(C(C)(C)C)o1)NC1CCCN(c2ccccc2C#N)C1. The predicted octanol–water partition coefficient (Wildman–Crippen LogP) is 3.57. The van der Waals surface area contributed by atoms with Crippen molar-refractivity contribution in [3.8, 4) is 6.07 Å². The maximum atomic E-state index is 9.42. The van der Waals surface area contributed by atoms with Gasteiger partial charge in [0.15, 0.2) is 5.96 Å². The van der Waals surface area contributed by atoms with E-state index in [2.05, 4.69) is 59.3 Å². The number of rotatable bonds is 5. The summed E-state index contributed by atoms with van der Waals surface area (Å²) in [5.74, 6) is 2.24. The molecule has 2 N–H and O–H groups in total. The van der Waals surface area contributed by atoms with Crippen molar-refractivity contribution >= 4 is 11.6 Å². The largest absolute Gasteiger partial charge is 0.443 e. The molecule has 0 spiro atoms. The first kappa shape index (κ1) is 21.7. The van der Waals surface area contributed by atoms with Gasteiger partial charge in [0.1, 0.15) is 18.4 Å². The molecule has 1 unspecified atom stereocenters. The molecule has 1 aliphatic heterocycles. The van der Waals surface area contributed by atoms with Crippen molar-refractivity contribution in [3.63, 3.8) is 0 Å². The van der Waals surface area contributed by atoms with Crippen LogP contribution in [0, 0.1) is 11.3 Å². The minimum atomic E-state index is -0.0665. The molecule has 3 rings (SSSR count). The lowest BCUT2D eigenvalue weighted by Crippen LogP contribution is -2.51. The molecule has 0 amide bonds. The first-order valence-corrected chi connectivity index (χ1v) is 10.6. The highest BCUT2D eigenvalue weighted by atomic mass is 16.4. The van der Waals surface area contributed by atoms with Crippen LogP contribution in [0.4, 0.5) is 5.69 Å². The number of piperidine rings is 1. The molecule has 7 heteroatoms. The van der Waals surface area contributed by atoms with E-state index in [0.717, 1.165) is 55.4 Å². The number of para-hydroxylation sites is 1. The molecule has 1 fully saturated rings. The van der Waals surface area contributed by atoms with Crippen molar-refractivity contribution in [2.45, 2.75) is 58.5 Å². The molecule has 0 aliphatic carbocycles. The van der Waals surface area contributed by atoms with Gasteiger partial charge in [0.05, 0.1) is 17.4 Å². The maximum Gasteiger partial charge on any atom is 0.216 e. The molecule has 1 aromatic heterocycles. The quantitative estimate of drug-likeness (QED) is 0.581. The highest BCUT2D eigenvalue weighted by molar-refractivity contribution is 5.80. The van der Waals surface area contributed by atoms with Crippen LogP contribution in [-0.4, -0.2) is 36.6 Å². The number of benzene rings is 1. The van der Waals surface area contributed by atoms with Crippen LogP contribution in [0.1, 0.15) is 57.8 Å². The molecule has 1 aromatic carbocycles. The second-order valence-electron chi connectivity index (χ2n) is 8.62. The van der Waals surface area contributed by atoms with Gasteiger partial charge in [-0.05, 0) is 31.9 Å². The number of aliphatic imine (C=N–C) groups is 1. The number of aromatic nitrogens is 1. The van der Waals surface area contributed by atoms with Crippen LogP contribution >= 0.6 is 0 Å². The Bertz CT molecular complexity index is 905. The molecule has 1 aliphatic rings. The molecule has 0 radical (unpaired) electrons. The Labute approximate surface area is 179 Å². The minimum Gasteiger partial charge on any atom is -0.443 e. The average Bonchev–Trinajstić information content (AvgIpc) is 3.22. The number of guanidine groups is 1. The zero-order valence-electron chi connectivity index (χ0n) is 18.4. The van der Waals surface area contributed by atoms with Crippen LogP contribution in [-0.2, 0) is 12.0 Å². The number of anilines is 1. The number of nitriles is 1. The first-order valence-electron chi connectivity index (χ1n) is 10.6. The monoisotopic (exact) mass is 408 g/mol. The highest BCUT2D eigenvalue weighted by Crippen LogP contribution is 2.24. The fourth-order valence-electron chi connectivity index (χ4n) is 3.55. The number of nitrogens with zero attached hydrogens (tertiary/aromatic N) is 4. The molecule has 1 saturated heterocycles. The molecule has 160 valence electrons. The van der Waals surface area contributed by atoms with Crippen molar-refractivity contribution in [2.75, 3.05) is 24.5 Å². The van der Waals surface area contributed by atoms with E-state index in [9.17, 15) is 5.26 Å². The standard InChI is InChI=1S/C23H32N6O/c1-5-25-22(27-15-21-26-14-20(30-21)23(2,3)4)28-18-10-8-12-29(16-18)19-11-7-6-9-17(19)13-24/h6-7,9,11,14,18H,5,8,10,12,15-16H2,1-4H3,(H2,25,27,28). The number of hydrogen-bond donors (Lipinski definition) is 2. The molecule has 7 nitrogen and oxygen atoms in total. The van der Waals surface area contributed by atoms with Gasteiger partial charge >= 0.3 is 0 Å². The molecule has 0 saturated carbocycles. The fourth-order valence-corrected chi connectivity index (χ4v) is 3.55. The third-order valence-electron chi connectivity index (χ3n) is 5.14. The van der Waals surface area contributed by atoms with E-state index in [1.54, 1.807) is 6.20 Å². The van der Waals surface area contributed by atoms with E-state index >= 15 is 0 Å². The van der Waals surface area contributed by atoms with Gasteiger partial charge < -0.3 is 20.0 Å². The summed E-state index contributed by atoms with van der Waals surface area (Å²) in [6.45, 7) is 11.3. The molecular formula is C23H32N6O. The molecule has 2 heterocycles. The van der Waals surface area contributed by atoms with E-state index in [0.29, 0.717) is 12.4 Å². The normalized spacial score (nSPS) is 17.5. The zero-order valence-corrected chi connectivity index (χ0v) is 18.4. The van der Waals surface area contributed by atoms with E-state index in [4.69, 9.17) is 4.42 Å². The Balaban J connectivity index is 1.66. The van der Waals surface area contributed by atoms with Crippen molar-refractivity contribution < 1.29 is 4.42 Å². The number of hydrogen-bond acceptors (Lipinski definition) is 5. The first-order chi connectivity index (χ1) is 14.4. The van der Waals surface area contributed by atoms with Crippen molar-refractivity contribution in [2.24, 2.45) is 4.99 Å². The van der Waals surface area contributed by atoms with E-state index in [1.165, 1.54) is 0 Å². The number of nitrogens with one attached hydrogen (secondary N) is 2. The summed E-state index contributed by atoms with van der Waals surface area (Å²) in [7, 11) is 0. The molecule has 2 aromatic rings. The highest BCUT2D eigenvalue weighted by Gasteiger charge is 2.23. The van der Waals surface area contributed by atoms with Crippen molar-refractivity contribution in [3.05, 3.63) is 47.7 Å². The van der Waals surface area contributed by atoms with Crippen molar-refractivity contribution in [1.82, 2.24) is 15.6 Å². The lowest BCUT2D eigenvalue weighted by molar-refractivity contribution is 0.383. The summed E-state index contributed by atoms with van der Waals surface area (Å²) < 4.78 is 5.85. The van der Waals surface area contributed by atoms with Crippen LogP contribution in [0.5, 0.6) is 0 Å². The summed E-state index contributed by atoms with van der Waals surface area (Å²) >= 11 is 0. The summed E-state index contributed by atoms with van der Waals surface area (Å²) in [5.41, 5.74) is 1.66. The van der Waals surface area contributed by atoms with Gasteiger partial charge in [-0.15, -0.1) is 0 Å². The molecule has 30 heavy (non-hydrogen) atoms. The van der Waals surface area contributed by atoms with Crippen LogP contribution in [0.25, 0.3) is 0 Å². The van der Waals surface area contributed by atoms with Crippen LogP contribution in [0.2, 0.25) is 0 Å². The fraction of sp³-hybridized carbons (Fsp3) is 0.522. The van der Waals surface area contributed by atoms with Crippen LogP contribution in [0.15, 0.2) is 39.9 Å². The second kappa shape index (κ2) is 9.66. The van der Waals surface area contributed by atoms with Gasteiger partial charge in [0.2, 0.25) is 5.89 Å². The van der Waals surface area contributed by atoms with Crippen LogP contribution in [0.3, 0.4) is 0 Å². The minimum absolute atomic E-state index is 0.0665. The van der Waals surface area contributed by atoms with Gasteiger partial charge in [0, 0.05) is 31.1 Å². The molecule has 1 atom stereocenters. The van der Waals surface area contributed by atoms with Crippen molar-refractivity contribution in [1.29, 1.82) is 5.26 Å². The van der Waals surface area contributed by atoms with Gasteiger partial charge in [-0.1, -0.05) is 32.9 Å². The van der Waals surface area contributed by atoms with E-state index in [1.807, 2.05) is 24.3 Å². The topological polar surface area (TPSA) is 89.5 Å². The Morgan fingerprint density at radius 1 is 1.37 bits per heavy atom. The third kappa shape index (κ3) is 5.53. The Morgan fingerprint density at radius 2 is 2.17 bits per heavy atom. The van der Waals surface area contributed by atoms with E-state index in [-0.39, 0.29) is 11.5 Å². The summed E-state index contributed by atoms with van der Waals surface area (Å²) in [6, 6.07) is 10.3. The predicted molar refractivity (Wildman–Crippen MR) is 120 cm³/mol. The van der Waals surface area contributed by atoms with Gasteiger partial charge in [-0.25, -0.2) is 9.98 Å². The Hall–Kier alpha value is -3.01. The smallest absolute Gasteiger partial charge is 0.216 e. The lowest BCUT2D eigenvalue weighted by Gasteiger charge is -2.35. The number of oxazole rings is 1. The second-order valence-corrected chi connectivity index (χ2v) is 8.62. The van der Waals surface area contributed by atoms with E-state index < -0.39 is 0 Å². The Morgan fingerprint density at radius 3 is 2.87 bits per heavy atom. The van der Waals surface area contributed by atoms with Gasteiger partial charge in [-0.2, -0.15) is 5.26 Å². The third-order valence-corrected chi connectivity index (χ3v) is 5.14. The Kier molecular flexibility index (Phi) is 6.99.